The minimum Gasteiger partial charge on any atom is -0.376 e. The zero-order chi connectivity index (χ0) is 17.8. The largest absolute Gasteiger partial charge is 0.376 e. The van der Waals surface area contributed by atoms with E-state index in [4.69, 9.17) is 4.74 Å². The zero-order valence-electron chi connectivity index (χ0n) is 14.4. The first kappa shape index (κ1) is 17.3. The number of nitro benzene ring substituents is 1. The van der Waals surface area contributed by atoms with Crippen molar-refractivity contribution in [3.8, 4) is 11.4 Å². The van der Waals surface area contributed by atoms with Gasteiger partial charge in [0.15, 0.2) is 5.82 Å². The fourth-order valence-electron chi connectivity index (χ4n) is 3.10. The first-order valence-corrected chi connectivity index (χ1v) is 8.55. The number of ether oxygens (including phenoxy) is 1. The van der Waals surface area contributed by atoms with Crippen LogP contribution in [0.3, 0.4) is 0 Å². The number of non-ortho nitro benzene ring substituents is 1. The number of rotatable bonds is 6. The van der Waals surface area contributed by atoms with Crippen molar-refractivity contribution in [3.05, 3.63) is 46.1 Å². The molecule has 132 valence electrons. The van der Waals surface area contributed by atoms with Crippen LogP contribution in [0, 0.1) is 17.0 Å². The molecule has 3 rings (SSSR count). The van der Waals surface area contributed by atoms with Crippen molar-refractivity contribution in [2.45, 2.75) is 45.3 Å². The number of aromatic nitrogens is 2. The molecule has 1 aromatic heterocycles. The van der Waals surface area contributed by atoms with Crippen LogP contribution in [0.5, 0.6) is 0 Å². The highest BCUT2D eigenvalue weighted by Gasteiger charge is 2.25. The summed E-state index contributed by atoms with van der Waals surface area (Å²) in [6.07, 6.45) is 3.26. The smallest absolute Gasteiger partial charge is 0.270 e. The third kappa shape index (κ3) is 4.11. The van der Waals surface area contributed by atoms with E-state index < -0.39 is 4.92 Å². The lowest BCUT2D eigenvalue weighted by molar-refractivity contribution is -0.384. The predicted octanol–water partition coefficient (Wildman–Crippen LogP) is 3.73. The molecule has 1 fully saturated rings. The molecule has 1 saturated heterocycles. The molecule has 1 aliphatic heterocycles. The Morgan fingerprint density at radius 1 is 1.40 bits per heavy atom. The van der Waals surface area contributed by atoms with E-state index in [2.05, 4.69) is 22.2 Å². The summed E-state index contributed by atoms with van der Waals surface area (Å²) in [5, 5.41) is 14.4. The van der Waals surface area contributed by atoms with E-state index in [1.807, 2.05) is 13.0 Å². The van der Waals surface area contributed by atoms with Crippen LogP contribution < -0.4 is 5.32 Å². The molecule has 7 nitrogen and oxygen atoms in total. The summed E-state index contributed by atoms with van der Waals surface area (Å²) < 4.78 is 5.78. The van der Waals surface area contributed by atoms with Gasteiger partial charge in [0.25, 0.3) is 5.69 Å². The molecule has 0 saturated carbocycles. The molecule has 0 amide bonds. The fraction of sp³-hybridized carbons (Fsp3) is 0.444. The van der Waals surface area contributed by atoms with Crippen molar-refractivity contribution in [2.24, 2.45) is 0 Å². The number of hydrogen-bond donors (Lipinski definition) is 1. The molecule has 1 aliphatic rings. The van der Waals surface area contributed by atoms with Gasteiger partial charge in [-0.25, -0.2) is 9.97 Å². The third-order valence-corrected chi connectivity index (χ3v) is 4.36. The van der Waals surface area contributed by atoms with Crippen molar-refractivity contribution in [1.82, 2.24) is 9.97 Å². The highest BCUT2D eigenvalue weighted by Crippen LogP contribution is 2.24. The van der Waals surface area contributed by atoms with Gasteiger partial charge >= 0.3 is 0 Å². The summed E-state index contributed by atoms with van der Waals surface area (Å²) in [6, 6.07) is 8.46. The minimum absolute atomic E-state index is 0.0305. The fourth-order valence-corrected chi connectivity index (χ4v) is 3.10. The van der Waals surface area contributed by atoms with Gasteiger partial charge in [0.2, 0.25) is 0 Å². The minimum atomic E-state index is -0.414. The van der Waals surface area contributed by atoms with Crippen LogP contribution in [0.2, 0.25) is 0 Å². The number of anilines is 1. The van der Waals surface area contributed by atoms with Crippen molar-refractivity contribution in [3.63, 3.8) is 0 Å². The van der Waals surface area contributed by atoms with Crippen molar-refractivity contribution in [1.29, 1.82) is 0 Å². The van der Waals surface area contributed by atoms with Gasteiger partial charge in [0, 0.05) is 36.1 Å². The molecule has 0 radical (unpaired) electrons. The molecule has 2 atom stereocenters. The van der Waals surface area contributed by atoms with E-state index in [0.29, 0.717) is 11.4 Å². The van der Waals surface area contributed by atoms with E-state index in [0.717, 1.165) is 37.4 Å². The van der Waals surface area contributed by atoms with Crippen LogP contribution in [0.15, 0.2) is 30.3 Å². The van der Waals surface area contributed by atoms with Gasteiger partial charge in [0.05, 0.1) is 17.1 Å². The van der Waals surface area contributed by atoms with Crippen LogP contribution in [0.1, 0.15) is 31.9 Å². The van der Waals surface area contributed by atoms with Crippen molar-refractivity contribution < 1.29 is 9.66 Å². The van der Waals surface area contributed by atoms with E-state index in [1.54, 1.807) is 12.1 Å². The highest BCUT2D eigenvalue weighted by atomic mass is 16.6. The van der Waals surface area contributed by atoms with Crippen LogP contribution in [0.25, 0.3) is 11.4 Å². The molecule has 0 aliphatic carbocycles. The SMILES string of the molecule is CCC(Nc1cc(C)nc(-c2cccc([N+](=O)[O-])c2)n1)C1CCCO1. The van der Waals surface area contributed by atoms with Crippen molar-refractivity contribution >= 4 is 11.5 Å². The van der Waals surface area contributed by atoms with Gasteiger partial charge < -0.3 is 10.1 Å². The van der Waals surface area contributed by atoms with Gasteiger partial charge in [-0.05, 0) is 26.2 Å². The number of nitrogens with zero attached hydrogens (tertiary/aromatic N) is 3. The molecule has 7 heteroatoms. The maximum Gasteiger partial charge on any atom is 0.270 e. The van der Waals surface area contributed by atoms with Gasteiger partial charge in [0.1, 0.15) is 5.82 Å². The van der Waals surface area contributed by atoms with Crippen molar-refractivity contribution in [2.75, 3.05) is 11.9 Å². The van der Waals surface area contributed by atoms with E-state index in [-0.39, 0.29) is 17.8 Å². The second-order valence-electron chi connectivity index (χ2n) is 6.24. The maximum absolute atomic E-state index is 11.0. The average molecular weight is 342 g/mol. The summed E-state index contributed by atoms with van der Waals surface area (Å²) in [5.41, 5.74) is 1.47. The Hall–Kier alpha value is -2.54. The second-order valence-corrected chi connectivity index (χ2v) is 6.24. The molecule has 0 spiro atoms. The molecule has 1 aromatic carbocycles. The summed E-state index contributed by atoms with van der Waals surface area (Å²) in [7, 11) is 0. The standard InChI is InChI=1S/C18H22N4O3/c1-3-15(16-8-5-9-25-16)20-17-10-12(2)19-18(21-17)13-6-4-7-14(11-13)22(23)24/h4,6-7,10-11,15-16H,3,5,8-9H2,1-2H3,(H,19,20,21). The molecule has 2 aromatic rings. The highest BCUT2D eigenvalue weighted by molar-refractivity contribution is 5.61. The monoisotopic (exact) mass is 342 g/mol. The normalized spacial score (nSPS) is 18.1. The maximum atomic E-state index is 11.0. The van der Waals surface area contributed by atoms with Gasteiger partial charge in [-0.3, -0.25) is 10.1 Å². The Balaban J connectivity index is 1.87. The molecule has 0 bridgehead atoms. The summed E-state index contributed by atoms with van der Waals surface area (Å²) in [5.74, 6) is 1.20. The zero-order valence-corrected chi connectivity index (χ0v) is 14.4. The van der Waals surface area contributed by atoms with E-state index in [9.17, 15) is 10.1 Å². The summed E-state index contributed by atoms with van der Waals surface area (Å²) in [4.78, 5) is 19.6. The quantitative estimate of drug-likeness (QED) is 0.635. The topological polar surface area (TPSA) is 90.2 Å². The number of nitrogens with one attached hydrogen (secondary N) is 1. The lowest BCUT2D eigenvalue weighted by Gasteiger charge is -2.23. The predicted molar refractivity (Wildman–Crippen MR) is 95.5 cm³/mol. The van der Waals surface area contributed by atoms with Gasteiger partial charge in [-0.2, -0.15) is 0 Å². The van der Waals surface area contributed by atoms with Gasteiger partial charge in [-0.15, -0.1) is 0 Å². The Morgan fingerprint density at radius 2 is 2.24 bits per heavy atom. The molecule has 2 unspecified atom stereocenters. The Morgan fingerprint density at radius 3 is 2.92 bits per heavy atom. The number of benzene rings is 1. The second kappa shape index (κ2) is 7.57. The lowest BCUT2D eigenvalue weighted by atomic mass is 10.1. The average Bonchev–Trinajstić information content (AvgIpc) is 3.13. The first-order chi connectivity index (χ1) is 12.1. The van der Waals surface area contributed by atoms with Gasteiger partial charge in [-0.1, -0.05) is 19.1 Å². The number of nitro groups is 1. The Bertz CT molecular complexity index is 760. The third-order valence-electron chi connectivity index (χ3n) is 4.36. The first-order valence-electron chi connectivity index (χ1n) is 8.55. The summed E-state index contributed by atoms with van der Waals surface area (Å²) in [6.45, 7) is 4.82. The lowest BCUT2D eigenvalue weighted by Crippen LogP contribution is -2.32. The van der Waals surface area contributed by atoms with Crippen LogP contribution in [-0.4, -0.2) is 33.6 Å². The Labute approximate surface area is 146 Å². The molecule has 1 N–H and O–H groups in total. The van der Waals surface area contributed by atoms with Crippen LogP contribution in [0.4, 0.5) is 11.5 Å². The Kier molecular flexibility index (Phi) is 5.23. The molecular weight excluding hydrogens is 320 g/mol. The number of aryl methyl sites for hydroxylation is 1. The van der Waals surface area contributed by atoms with Crippen LogP contribution >= 0.6 is 0 Å². The molecule has 25 heavy (non-hydrogen) atoms. The summed E-state index contributed by atoms with van der Waals surface area (Å²) >= 11 is 0. The van der Waals surface area contributed by atoms with E-state index in [1.165, 1.54) is 12.1 Å². The number of hydrogen-bond acceptors (Lipinski definition) is 6. The molecular formula is C18H22N4O3. The van der Waals surface area contributed by atoms with E-state index >= 15 is 0 Å². The van der Waals surface area contributed by atoms with Crippen LogP contribution in [-0.2, 0) is 4.74 Å². The molecule has 2 heterocycles.